The first kappa shape index (κ1) is 18.7. The lowest BCUT2D eigenvalue weighted by Gasteiger charge is -2.19. The van der Waals surface area contributed by atoms with E-state index < -0.39 is 17.5 Å². The molecule has 0 aromatic heterocycles. The van der Waals surface area contributed by atoms with Gasteiger partial charge in [0.05, 0.1) is 5.57 Å². The minimum Gasteiger partial charge on any atom is -0.507 e. The average Bonchev–Trinajstić information content (AvgIpc) is 3.03. The molecule has 0 amide bonds. The molecule has 146 valence electrons. The molecule has 4 rings (SSSR count). The van der Waals surface area contributed by atoms with Crippen LogP contribution < -0.4 is 9.47 Å². The summed E-state index contributed by atoms with van der Waals surface area (Å²) in [6.07, 6.45) is 1.09. The van der Waals surface area contributed by atoms with Crippen molar-refractivity contribution in [2.45, 2.75) is 12.8 Å². The number of allylic oxidation sites excluding steroid dienone is 2. The zero-order chi connectivity index (χ0) is 20.7. The van der Waals surface area contributed by atoms with Crippen molar-refractivity contribution in [3.63, 3.8) is 0 Å². The lowest BCUT2D eigenvalue weighted by molar-refractivity contribution is -0.123. The van der Waals surface area contributed by atoms with E-state index in [2.05, 4.69) is 6.58 Å². The largest absolute Gasteiger partial charge is 0.507 e. The van der Waals surface area contributed by atoms with E-state index >= 15 is 0 Å². The predicted molar refractivity (Wildman–Crippen MR) is 106 cm³/mol. The Labute approximate surface area is 167 Å². The summed E-state index contributed by atoms with van der Waals surface area (Å²) < 4.78 is 11.0. The molecule has 0 bridgehead atoms. The Morgan fingerprint density at radius 2 is 1.76 bits per heavy atom. The third kappa shape index (κ3) is 3.02. The van der Waals surface area contributed by atoms with Crippen LogP contribution in [-0.4, -0.2) is 35.7 Å². The van der Waals surface area contributed by atoms with Gasteiger partial charge in [0.1, 0.15) is 24.9 Å². The fourth-order valence-corrected chi connectivity index (χ4v) is 3.64. The van der Waals surface area contributed by atoms with Crippen molar-refractivity contribution < 1.29 is 29.0 Å². The Balaban J connectivity index is 1.91. The van der Waals surface area contributed by atoms with E-state index in [4.69, 9.17) is 9.47 Å². The van der Waals surface area contributed by atoms with Gasteiger partial charge in [-0.3, -0.25) is 14.4 Å². The first-order valence-electron chi connectivity index (χ1n) is 9.11. The maximum absolute atomic E-state index is 13.1. The van der Waals surface area contributed by atoms with Gasteiger partial charge in [-0.05, 0) is 48.4 Å². The van der Waals surface area contributed by atoms with E-state index in [0.29, 0.717) is 47.0 Å². The maximum Gasteiger partial charge on any atom is 0.182 e. The van der Waals surface area contributed by atoms with Gasteiger partial charge in [0.25, 0.3) is 0 Å². The quantitative estimate of drug-likeness (QED) is 0.372. The van der Waals surface area contributed by atoms with E-state index in [1.165, 1.54) is 13.0 Å². The molecule has 1 unspecified atom stereocenters. The lowest BCUT2D eigenvalue weighted by atomic mass is 9.95. The fourth-order valence-electron chi connectivity index (χ4n) is 3.64. The summed E-state index contributed by atoms with van der Waals surface area (Å²) in [4.78, 5) is 37.3. The van der Waals surface area contributed by atoms with Crippen molar-refractivity contribution in [2.24, 2.45) is 0 Å². The second kappa shape index (κ2) is 7.05. The first-order chi connectivity index (χ1) is 13.9. The van der Waals surface area contributed by atoms with Crippen molar-refractivity contribution in [3.05, 3.63) is 71.3 Å². The minimum absolute atomic E-state index is 0.0000205. The third-order valence-corrected chi connectivity index (χ3v) is 5.09. The molecule has 0 fully saturated rings. The molecule has 6 nitrogen and oxygen atoms in total. The molecular weight excluding hydrogens is 372 g/mol. The number of aliphatic hydroxyl groups is 1. The maximum atomic E-state index is 13.1. The number of Topliss-reactive ketones (excluding diaryl/α,β-unsaturated/α-hetero) is 2. The minimum atomic E-state index is -1.09. The summed E-state index contributed by atoms with van der Waals surface area (Å²) in [5.41, 5.74) is 1.55. The van der Waals surface area contributed by atoms with Crippen LogP contribution in [0, 0.1) is 0 Å². The lowest BCUT2D eigenvalue weighted by Crippen LogP contribution is -2.16. The Morgan fingerprint density at radius 1 is 1.07 bits per heavy atom. The highest BCUT2D eigenvalue weighted by atomic mass is 16.6. The van der Waals surface area contributed by atoms with Crippen LogP contribution in [0.4, 0.5) is 0 Å². The smallest absolute Gasteiger partial charge is 0.182 e. The van der Waals surface area contributed by atoms with Gasteiger partial charge in [0, 0.05) is 11.1 Å². The van der Waals surface area contributed by atoms with Crippen LogP contribution in [0.15, 0.2) is 49.1 Å². The Kier molecular flexibility index (Phi) is 4.54. The average molecular weight is 390 g/mol. The van der Waals surface area contributed by atoms with Crippen molar-refractivity contribution in [3.8, 4) is 11.5 Å². The van der Waals surface area contributed by atoms with Crippen LogP contribution in [0.1, 0.15) is 39.9 Å². The standard InChI is InChI=1S/C23H18O6/c1-3-17(25)20-15-6-4-13(12(2)24)10-16(15)21(23(20)27)22(26)14-5-7-18-19(11-14)29-9-8-28-18/h3-7,10-11,20,26H,1,8-9H2,2H3/b22-21-. The van der Waals surface area contributed by atoms with Gasteiger partial charge in [0.15, 0.2) is 28.8 Å². The van der Waals surface area contributed by atoms with Gasteiger partial charge in [-0.25, -0.2) is 0 Å². The monoisotopic (exact) mass is 390 g/mol. The van der Waals surface area contributed by atoms with Crippen LogP contribution in [0.2, 0.25) is 0 Å². The molecule has 0 spiro atoms. The van der Waals surface area contributed by atoms with Crippen LogP contribution in [0.5, 0.6) is 11.5 Å². The molecule has 2 aliphatic rings. The molecule has 2 aromatic rings. The Bertz CT molecular complexity index is 1110. The van der Waals surface area contributed by atoms with E-state index in [1.54, 1.807) is 30.3 Å². The normalized spacial score (nSPS) is 18.8. The number of benzene rings is 2. The van der Waals surface area contributed by atoms with Gasteiger partial charge in [-0.2, -0.15) is 0 Å². The number of hydrogen-bond donors (Lipinski definition) is 1. The second-order valence-electron chi connectivity index (χ2n) is 6.84. The predicted octanol–water partition coefficient (Wildman–Crippen LogP) is 3.51. The van der Waals surface area contributed by atoms with Crippen molar-refractivity contribution in [1.29, 1.82) is 0 Å². The van der Waals surface area contributed by atoms with E-state index in [9.17, 15) is 19.5 Å². The molecule has 0 saturated carbocycles. The fraction of sp³-hybridized carbons (Fsp3) is 0.174. The number of ketones is 3. The molecule has 0 radical (unpaired) electrons. The van der Waals surface area contributed by atoms with Crippen molar-refractivity contribution in [1.82, 2.24) is 0 Å². The molecule has 6 heteroatoms. The Morgan fingerprint density at radius 3 is 2.45 bits per heavy atom. The van der Waals surface area contributed by atoms with E-state index in [0.717, 1.165) is 6.08 Å². The highest BCUT2D eigenvalue weighted by molar-refractivity contribution is 6.39. The summed E-state index contributed by atoms with van der Waals surface area (Å²) in [6.45, 7) is 5.70. The van der Waals surface area contributed by atoms with Gasteiger partial charge < -0.3 is 14.6 Å². The van der Waals surface area contributed by atoms with E-state index in [1.807, 2.05) is 0 Å². The molecule has 1 atom stereocenters. The van der Waals surface area contributed by atoms with Crippen LogP contribution >= 0.6 is 0 Å². The summed E-state index contributed by atoms with van der Waals surface area (Å²) in [6, 6.07) is 9.54. The molecule has 1 aliphatic carbocycles. The molecule has 29 heavy (non-hydrogen) atoms. The highest BCUT2D eigenvalue weighted by Crippen LogP contribution is 2.43. The zero-order valence-electron chi connectivity index (χ0n) is 15.7. The molecule has 2 aromatic carbocycles. The highest BCUT2D eigenvalue weighted by Gasteiger charge is 2.41. The topological polar surface area (TPSA) is 89.9 Å². The van der Waals surface area contributed by atoms with E-state index in [-0.39, 0.29) is 17.1 Å². The number of fused-ring (bicyclic) bond motifs is 2. The first-order valence-corrected chi connectivity index (χ1v) is 9.11. The van der Waals surface area contributed by atoms with Gasteiger partial charge >= 0.3 is 0 Å². The van der Waals surface area contributed by atoms with Crippen molar-refractivity contribution >= 4 is 28.7 Å². The van der Waals surface area contributed by atoms with Crippen LogP contribution in [-0.2, 0) is 9.59 Å². The number of hydrogen-bond acceptors (Lipinski definition) is 6. The summed E-state index contributed by atoms with van der Waals surface area (Å²) >= 11 is 0. The number of carbonyl (C=O) groups is 3. The number of ether oxygens (including phenoxy) is 2. The van der Waals surface area contributed by atoms with Gasteiger partial charge in [-0.15, -0.1) is 0 Å². The zero-order valence-corrected chi connectivity index (χ0v) is 15.7. The molecule has 1 heterocycles. The molecular formula is C23H18O6. The second-order valence-corrected chi connectivity index (χ2v) is 6.84. The summed E-state index contributed by atoms with van der Waals surface area (Å²) in [5.74, 6) is -1.53. The Hall–Kier alpha value is -3.67. The van der Waals surface area contributed by atoms with Gasteiger partial charge in [0.2, 0.25) is 0 Å². The van der Waals surface area contributed by atoms with Crippen LogP contribution in [0.25, 0.3) is 11.3 Å². The SMILES string of the molecule is C=CC(=O)C1C(=O)/C(=C(\O)c2ccc3c(c2)OCCO3)c2cc(C(C)=O)ccc21. The molecule has 1 aliphatic heterocycles. The number of carbonyl (C=O) groups excluding carboxylic acids is 3. The molecule has 1 N–H and O–H groups in total. The number of aliphatic hydroxyl groups excluding tert-OH is 1. The number of rotatable bonds is 4. The van der Waals surface area contributed by atoms with Gasteiger partial charge in [-0.1, -0.05) is 18.7 Å². The van der Waals surface area contributed by atoms with Crippen LogP contribution in [0.3, 0.4) is 0 Å². The third-order valence-electron chi connectivity index (χ3n) is 5.09. The summed E-state index contributed by atoms with van der Waals surface area (Å²) in [7, 11) is 0. The molecule has 0 saturated heterocycles. The summed E-state index contributed by atoms with van der Waals surface area (Å²) in [5, 5.41) is 11.0. The van der Waals surface area contributed by atoms with Crippen molar-refractivity contribution in [2.75, 3.05) is 13.2 Å².